The molecular weight excluding hydrogens is 174 g/mol. The molecule has 0 spiro atoms. The minimum absolute atomic E-state index is 0. The minimum Gasteiger partial charge on any atom is -0.386 e. The van der Waals surface area contributed by atoms with Crippen molar-refractivity contribution in [2.75, 3.05) is 0 Å². The summed E-state index contributed by atoms with van der Waals surface area (Å²) in [5, 5.41) is 25.6. The number of hydrogen-bond donors (Lipinski definition) is 5. The molecule has 0 heterocycles. The van der Waals surface area contributed by atoms with Crippen LogP contribution in [0, 0.1) is 0 Å². The highest BCUT2D eigenvalue weighted by atomic mass is 19.0. The molecule has 1 unspecified atom stereocenters. The van der Waals surface area contributed by atoms with E-state index in [1.54, 1.807) is 0 Å². The van der Waals surface area contributed by atoms with Gasteiger partial charge in [0.25, 0.3) is 0 Å². The summed E-state index contributed by atoms with van der Waals surface area (Å²) in [6.45, 7) is 1.42. The summed E-state index contributed by atoms with van der Waals surface area (Å²) < 4.78 is 0. The molecule has 7 heteroatoms. The summed E-state index contributed by atoms with van der Waals surface area (Å²) in [4.78, 5) is 0. The molecule has 0 aromatic heterocycles. The van der Waals surface area contributed by atoms with E-state index in [-0.39, 0.29) is 20.8 Å². The Hall–Kier alpha value is -0.920. The lowest BCUT2D eigenvalue weighted by Gasteiger charge is -2.13. The zero-order valence-electron chi connectivity index (χ0n) is 6.47. The van der Waals surface area contributed by atoms with E-state index in [1.807, 2.05) is 0 Å². The molecule has 7 N–H and O–H groups in total. The third-order valence-electron chi connectivity index (χ3n) is 1.18. The van der Waals surface area contributed by atoms with E-state index in [1.165, 1.54) is 6.92 Å². The number of aliphatic hydroxyl groups is 3. The molecule has 5 nitrogen and oxygen atoms in total. The van der Waals surface area contributed by atoms with E-state index in [0.717, 1.165) is 0 Å². The van der Waals surface area contributed by atoms with Gasteiger partial charge in [-0.25, -0.2) is 0 Å². The van der Waals surface area contributed by atoms with Gasteiger partial charge in [0.15, 0.2) is 6.29 Å². The van der Waals surface area contributed by atoms with Gasteiger partial charge in [0.1, 0.15) is 6.10 Å². The van der Waals surface area contributed by atoms with Crippen LogP contribution in [0.25, 0.3) is 0 Å². The Labute approximate surface area is 68.0 Å². The maximum Gasteiger partial charge on any atom is 0.182 e. The van der Waals surface area contributed by atoms with Crippen molar-refractivity contribution in [3.63, 3.8) is 0 Å². The Morgan fingerprint density at radius 3 is 1.50 bits per heavy atom. The predicted molar refractivity (Wildman–Crippen MR) is 40.3 cm³/mol. The standard InChI is InChI=1S/C5H12N2O3.2FH/c1-2(4(6)7)3(8)5(9)10;;/h3,5,8-10H,6-7H2,1H3;2*1H. The van der Waals surface area contributed by atoms with Crippen molar-refractivity contribution in [3.05, 3.63) is 11.4 Å². The highest BCUT2D eigenvalue weighted by Gasteiger charge is 2.15. The number of rotatable bonds is 2. The number of nitrogens with two attached hydrogens (primary N) is 2. The van der Waals surface area contributed by atoms with Crippen molar-refractivity contribution in [1.82, 2.24) is 0 Å². The van der Waals surface area contributed by atoms with E-state index in [2.05, 4.69) is 0 Å². The van der Waals surface area contributed by atoms with E-state index >= 15 is 0 Å². The first kappa shape index (κ1) is 17.2. The van der Waals surface area contributed by atoms with Crippen molar-refractivity contribution in [2.24, 2.45) is 11.5 Å². The third-order valence-corrected chi connectivity index (χ3v) is 1.18. The zero-order valence-corrected chi connectivity index (χ0v) is 6.47. The van der Waals surface area contributed by atoms with Gasteiger partial charge in [-0.3, -0.25) is 9.41 Å². The number of hydrogen-bond acceptors (Lipinski definition) is 5. The van der Waals surface area contributed by atoms with E-state index in [4.69, 9.17) is 26.8 Å². The summed E-state index contributed by atoms with van der Waals surface area (Å²) >= 11 is 0. The van der Waals surface area contributed by atoms with Crippen molar-refractivity contribution in [3.8, 4) is 0 Å². The normalized spacial score (nSPS) is 11.1. The molecule has 0 aromatic carbocycles. The maximum atomic E-state index is 8.85. The summed E-state index contributed by atoms with van der Waals surface area (Å²) in [5.74, 6) is -0.0967. The molecule has 76 valence electrons. The fourth-order valence-corrected chi connectivity index (χ4v) is 0.394. The lowest BCUT2D eigenvalue weighted by atomic mass is 10.1. The average molecular weight is 188 g/mol. The third kappa shape index (κ3) is 4.83. The highest BCUT2D eigenvalue weighted by molar-refractivity contribution is 5.10. The van der Waals surface area contributed by atoms with E-state index in [0.29, 0.717) is 0 Å². The van der Waals surface area contributed by atoms with Gasteiger partial charge in [0.2, 0.25) is 0 Å². The summed E-state index contributed by atoms with van der Waals surface area (Å²) in [6.07, 6.45) is -3.23. The number of aliphatic hydroxyl groups excluding tert-OH is 2. The monoisotopic (exact) mass is 188 g/mol. The largest absolute Gasteiger partial charge is 0.386 e. The Morgan fingerprint density at radius 1 is 1.08 bits per heavy atom. The molecule has 0 saturated carbocycles. The van der Waals surface area contributed by atoms with Gasteiger partial charge < -0.3 is 26.8 Å². The van der Waals surface area contributed by atoms with Crippen LogP contribution < -0.4 is 11.5 Å². The Balaban J connectivity index is -0.000000405. The lowest BCUT2D eigenvalue weighted by Crippen LogP contribution is -2.29. The minimum atomic E-state index is -1.83. The van der Waals surface area contributed by atoms with Gasteiger partial charge in [0.05, 0.1) is 5.82 Å². The summed E-state index contributed by atoms with van der Waals surface area (Å²) in [7, 11) is 0. The second kappa shape index (κ2) is 6.77. The zero-order chi connectivity index (χ0) is 8.31. The fraction of sp³-hybridized carbons (Fsp3) is 0.600. The molecule has 0 rings (SSSR count). The first-order chi connectivity index (χ1) is 4.46. The molecular formula is C5H14F2N2O3. The Kier molecular flexibility index (Phi) is 9.73. The van der Waals surface area contributed by atoms with E-state index in [9.17, 15) is 0 Å². The van der Waals surface area contributed by atoms with Gasteiger partial charge in [0, 0.05) is 0 Å². The molecule has 0 bridgehead atoms. The van der Waals surface area contributed by atoms with Gasteiger partial charge in [-0.1, -0.05) is 0 Å². The van der Waals surface area contributed by atoms with Crippen LogP contribution in [-0.4, -0.2) is 27.7 Å². The van der Waals surface area contributed by atoms with Crippen molar-refractivity contribution in [2.45, 2.75) is 19.3 Å². The second-order valence-corrected chi connectivity index (χ2v) is 2.00. The molecule has 12 heavy (non-hydrogen) atoms. The first-order valence-electron chi connectivity index (χ1n) is 2.72. The van der Waals surface area contributed by atoms with Crippen LogP contribution in [0.2, 0.25) is 0 Å². The van der Waals surface area contributed by atoms with Crippen LogP contribution in [0.1, 0.15) is 6.92 Å². The molecule has 0 aliphatic rings. The topological polar surface area (TPSA) is 113 Å². The molecule has 0 aliphatic heterocycles. The first-order valence-corrected chi connectivity index (χ1v) is 2.72. The molecule has 1 atom stereocenters. The van der Waals surface area contributed by atoms with Crippen LogP contribution in [0.4, 0.5) is 9.41 Å². The van der Waals surface area contributed by atoms with Crippen molar-refractivity contribution < 1.29 is 24.7 Å². The SMILES string of the molecule is CC(=C(N)N)C(O)C(O)O.F.F. The Morgan fingerprint density at radius 2 is 1.42 bits per heavy atom. The number of halogens is 2. The average Bonchev–Trinajstić information content (AvgIpc) is 1.84. The van der Waals surface area contributed by atoms with Crippen LogP contribution in [0.5, 0.6) is 0 Å². The predicted octanol–water partition coefficient (Wildman–Crippen LogP) is -1.89. The molecule has 0 saturated heterocycles. The van der Waals surface area contributed by atoms with Gasteiger partial charge in [-0.2, -0.15) is 0 Å². The van der Waals surface area contributed by atoms with Gasteiger partial charge in [-0.05, 0) is 12.5 Å². The van der Waals surface area contributed by atoms with Crippen LogP contribution in [0.3, 0.4) is 0 Å². The lowest BCUT2D eigenvalue weighted by molar-refractivity contribution is -0.108. The molecule has 0 aromatic rings. The highest BCUT2D eigenvalue weighted by Crippen LogP contribution is 2.03. The van der Waals surface area contributed by atoms with Crippen LogP contribution in [0.15, 0.2) is 11.4 Å². The smallest absolute Gasteiger partial charge is 0.182 e. The quantitative estimate of drug-likeness (QED) is 0.325. The summed E-state index contributed by atoms with van der Waals surface area (Å²) in [5.41, 5.74) is 10.3. The molecule has 0 fully saturated rings. The summed E-state index contributed by atoms with van der Waals surface area (Å²) in [6, 6.07) is 0. The fourth-order valence-electron chi connectivity index (χ4n) is 0.394. The van der Waals surface area contributed by atoms with Gasteiger partial charge in [-0.15, -0.1) is 0 Å². The van der Waals surface area contributed by atoms with Crippen molar-refractivity contribution in [1.29, 1.82) is 0 Å². The second-order valence-electron chi connectivity index (χ2n) is 2.00. The van der Waals surface area contributed by atoms with E-state index < -0.39 is 12.4 Å². The Bertz CT molecular complexity index is 148. The van der Waals surface area contributed by atoms with Crippen LogP contribution in [-0.2, 0) is 0 Å². The molecule has 0 radical (unpaired) electrons. The maximum absolute atomic E-state index is 8.85. The van der Waals surface area contributed by atoms with Gasteiger partial charge >= 0.3 is 0 Å². The van der Waals surface area contributed by atoms with Crippen molar-refractivity contribution >= 4 is 0 Å². The van der Waals surface area contributed by atoms with Crippen LogP contribution >= 0.6 is 0 Å². The molecule has 0 aliphatic carbocycles. The molecule has 0 amide bonds.